The van der Waals surface area contributed by atoms with E-state index >= 15 is 0 Å². The van der Waals surface area contributed by atoms with Crippen LogP contribution in [0.2, 0.25) is 0 Å². The zero-order chi connectivity index (χ0) is 17.0. The Morgan fingerprint density at radius 2 is 1.29 bits per heavy atom. The number of esters is 2. The molecule has 0 bridgehead atoms. The first-order valence-electron chi connectivity index (χ1n) is 6.54. The molecule has 6 nitrogen and oxygen atoms in total. The van der Waals surface area contributed by atoms with Crippen LogP contribution in [-0.4, -0.2) is 44.7 Å². The van der Waals surface area contributed by atoms with Gasteiger partial charge in [0.15, 0.2) is 11.2 Å². The van der Waals surface area contributed by atoms with Crippen molar-refractivity contribution in [2.45, 2.75) is 71.0 Å². The molecule has 0 aromatic rings. The van der Waals surface area contributed by atoms with Gasteiger partial charge in [0.2, 0.25) is 0 Å². The lowest BCUT2D eigenvalue weighted by Crippen LogP contribution is -2.44. The average molecular weight is 320 g/mol. The molecule has 0 spiro atoms. The van der Waals surface area contributed by atoms with E-state index in [0.717, 1.165) is 0 Å². The summed E-state index contributed by atoms with van der Waals surface area (Å²) in [5, 5.41) is 8.25. The van der Waals surface area contributed by atoms with E-state index in [1.807, 2.05) is 0 Å². The van der Waals surface area contributed by atoms with E-state index in [-0.39, 0.29) is 0 Å². The molecule has 0 aliphatic rings. The summed E-state index contributed by atoms with van der Waals surface area (Å²) in [6.45, 7) is 11.1. The standard InChI is InChI=1S/C14H24O6S/c1-8(15)21-10(12(18)20-14(5,6)7)9(16)11(17)19-13(2,3)4/h9-10,16H,1-7H3/t9-,10+/m1/s1. The van der Waals surface area contributed by atoms with Crippen LogP contribution < -0.4 is 0 Å². The number of thioether (sulfide) groups is 1. The fraction of sp³-hybridized carbons (Fsp3) is 0.786. The van der Waals surface area contributed by atoms with Crippen LogP contribution in [0.3, 0.4) is 0 Å². The summed E-state index contributed by atoms with van der Waals surface area (Å²) in [5.41, 5.74) is -1.60. The molecule has 21 heavy (non-hydrogen) atoms. The number of carbonyl (C=O) groups is 3. The lowest BCUT2D eigenvalue weighted by Gasteiger charge is -2.27. The lowest BCUT2D eigenvalue weighted by atomic mass is 10.1. The van der Waals surface area contributed by atoms with Crippen molar-refractivity contribution in [3.63, 3.8) is 0 Å². The predicted octanol–water partition coefficient (Wildman–Crippen LogP) is 1.68. The van der Waals surface area contributed by atoms with Crippen LogP contribution in [0.4, 0.5) is 0 Å². The summed E-state index contributed by atoms with van der Waals surface area (Å²) in [5.74, 6) is -1.80. The average Bonchev–Trinajstić information content (AvgIpc) is 2.19. The minimum absolute atomic E-state index is 0.409. The van der Waals surface area contributed by atoms with Gasteiger partial charge in [-0.15, -0.1) is 0 Å². The van der Waals surface area contributed by atoms with E-state index in [9.17, 15) is 19.5 Å². The highest BCUT2D eigenvalue weighted by Crippen LogP contribution is 2.22. The highest BCUT2D eigenvalue weighted by Gasteiger charge is 2.39. The molecule has 0 aromatic heterocycles. The summed E-state index contributed by atoms with van der Waals surface area (Å²) in [7, 11) is 0. The Labute approximate surface area is 129 Å². The van der Waals surface area contributed by atoms with Gasteiger partial charge in [-0.3, -0.25) is 9.59 Å². The van der Waals surface area contributed by atoms with Crippen molar-refractivity contribution in [3.05, 3.63) is 0 Å². The minimum Gasteiger partial charge on any atom is -0.459 e. The van der Waals surface area contributed by atoms with Gasteiger partial charge in [0, 0.05) is 6.92 Å². The van der Waals surface area contributed by atoms with Gasteiger partial charge in [-0.25, -0.2) is 4.79 Å². The second-order valence-corrected chi connectivity index (χ2v) is 7.86. The molecule has 0 aromatic carbocycles. The Bertz CT molecular complexity index is 405. The molecular weight excluding hydrogens is 296 g/mol. The smallest absolute Gasteiger partial charge is 0.337 e. The molecule has 122 valence electrons. The van der Waals surface area contributed by atoms with Crippen LogP contribution in [0.5, 0.6) is 0 Å². The second kappa shape index (κ2) is 7.26. The molecule has 0 amide bonds. The molecule has 2 atom stereocenters. The van der Waals surface area contributed by atoms with Gasteiger partial charge in [-0.1, -0.05) is 11.8 Å². The fourth-order valence-corrected chi connectivity index (χ4v) is 2.01. The molecule has 0 unspecified atom stereocenters. The Hall–Kier alpha value is -1.08. The van der Waals surface area contributed by atoms with Crippen molar-refractivity contribution < 1.29 is 29.0 Å². The van der Waals surface area contributed by atoms with Crippen LogP contribution >= 0.6 is 11.8 Å². The minimum atomic E-state index is -1.77. The van der Waals surface area contributed by atoms with Crippen molar-refractivity contribution >= 4 is 28.8 Å². The van der Waals surface area contributed by atoms with Crippen LogP contribution in [-0.2, 0) is 23.9 Å². The summed E-state index contributed by atoms with van der Waals surface area (Å²) in [4.78, 5) is 35.1. The maximum atomic E-state index is 12.0. The number of hydrogen-bond acceptors (Lipinski definition) is 7. The van der Waals surface area contributed by atoms with E-state index in [2.05, 4.69) is 0 Å². The van der Waals surface area contributed by atoms with Gasteiger partial charge in [-0.05, 0) is 41.5 Å². The molecule has 0 saturated carbocycles. The highest BCUT2D eigenvalue weighted by atomic mass is 32.2. The van der Waals surface area contributed by atoms with Crippen molar-refractivity contribution in [2.24, 2.45) is 0 Å². The molecule has 0 fully saturated rings. The first-order valence-corrected chi connectivity index (χ1v) is 7.42. The molecule has 1 N–H and O–H groups in total. The number of aliphatic hydroxyl groups excluding tert-OH is 1. The third-order valence-corrected chi connectivity index (χ3v) is 2.90. The molecule has 0 aliphatic carbocycles. The van der Waals surface area contributed by atoms with E-state index in [1.54, 1.807) is 41.5 Å². The summed E-state index contributed by atoms with van der Waals surface area (Å²) in [6.07, 6.45) is -1.77. The molecule has 7 heteroatoms. The van der Waals surface area contributed by atoms with Crippen LogP contribution in [0.15, 0.2) is 0 Å². The van der Waals surface area contributed by atoms with Gasteiger partial charge in [0.1, 0.15) is 16.5 Å². The largest absolute Gasteiger partial charge is 0.459 e. The van der Waals surface area contributed by atoms with Gasteiger partial charge < -0.3 is 14.6 Å². The Balaban J connectivity index is 5.09. The molecule has 0 saturated heterocycles. The first-order chi connectivity index (χ1) is 9.23. The molecule has 0 heterocycles. The van der Waals surface area contributed by atoms with Crippen LogP contribution in [0.25, 0.3) is 0 Å². The third kappa shape index (κ3) is 8.72. The van der Waals surface area contributed by atoms with E-state index in [4.69, 9.17) is 9.47 Å². The topological polar surface area (TPSA) is 89.9 Å². The molecular formula is C14H24O6S. The highest BCUT2D eigenvalue weighted by molar-refractivity contribution is 8.14. The summed E-state index contributed by atoms with van der Waals surface area (Å²) < 4.78 is 10.1. The van der Waals surface area contributed by atoms with Crippen molar-refractivity contribution in [2.75, 3.05) is 0 Å². The van der Waals surface area contributed by atoms with Gasteiger partial charge in [0.25, 0.3) is 0 Å². The zero-order valence-electron chi connectivity index (χ0n) is 13.6. The van der Waals surface area contributed by atoms with Gasteiger partial charge in [-0.2, -0.15) is 0 Å². The third-order valence-electron chi connectivity index (χ3n) is 1.87. The Kier molecular flexibility index (Phi) is 6.89. The Morgan fingerprint density at radius 3 is 1.62 bits per heavy atom. The normalized spacial score (nSPS) is 15.0. The van der Waals surface area contributed by atoms with Crippen molar-refractivity contribution in [1.82, 2.24) is 0 Å². The Morgan fingerprint density at radius 1 is 0.905 bits per heavy atom. The monoisotopic (exact) mass is 320 g/mol. The molecule has 0 rings (SSSR count). The maximum Gasteiger partial charge on any atom is 0.337 e. The fourth-order valence-electron chi connectivity index (χ4n) is 1.27. The van der Waals surface area contributed by atoms with Crippen LogP contribution in [0.1, 0.15) is 48.5 Å². The number of hydrogen-bond donors (Lipinski definition) is 1. The molecule has 0 aliphatic heterocycles. The lowest BCUT2D eigenvalue weighted by molar-refractivity contribution is -0.171. The SMILES string of the molecule is CC(=O)S[C@H](C(=O)OC(C)(C)C)[C@@H](O)C(=O)OC(C)(C)C. The van der Waals surface area contributed by atoms with Crippen molar-refractivity contribution in [3.8, 4) is 0 Å². The number of rotatable bonds is 4. The predicted molar refractivity (Wildman–Crippen MR) is 79.8 cm³/mol. The number of ether oxygens (including phenoxy) is 2. The van der Waals surface area contributed by atoms with E-state index in [0.29, 0.717) is 11.8 Å². The van der Waals surface area contributed by atoms with Gasteiger partial charge in [0.05, 0.1) is 0 Å². The summed E-state index contributed by atoms with van der Waals surface area (Å²) in [6, 6.07) is 0. The number of aliphatic hydroxyl groups is 1. The molecule has 0 radical (unpaired) electrons. The second-order valence-electron chi connectivity index (χ2n) is 6.54. The number of carbonyl (C=O) groups excluding carboxylic acids is 3. The maximum absolute atomic E-state index is 12.0. The van der Waals surface area contributed by atoms with Crippen LogP contribution in [0, 0.1) is 0 Å². The first kappa shape index (κ1) is 19.9. The zero-order valence-corrected chi connectivity index (χ0v) is 14.4. The van der Waals surface area contributed by atoms with E-state index < -0.39 is 39.6 Å². The van der Waals surface area contributed by atoms with Gasteiger partial charge >= 0.3 is 11.9 Å². The van der Waals surface area contributed by atoms with E-state index in [1.165, 1.54) is 6.92 Å². The quantitative estimate of drug-likeness (QED) is 0.788. The van der Waals surface area contributed by atoms with Crippen molar-refractivity contribution in [1.29, 1.82) is 0 Å². The summed E-state index contributed by atoms with van der Waals surface area (Å²) >= 11 is 0.547.